The van der Waals surface area contributed by atoms with Gasteiger partial charge in [-0.2, -0.15) is 0 Å². The number of aromatic hydroxyl groups is 1. The maximum atomic E-state index is 9.70. The number of aryl methyl sites for hydroxylation is 2. The van der Waals surface area contributed by atoms with E-state index >= 15 is 0 Å². The summed E-state index contributed by atoms with van der Waals surface area (Å²) in [4.78, 5) is 10.4. The van der Waals surface area contributed by atoms with E-state index < -0.39 is 0 Å². The highest BCUT2D eigenvalue weighted by Gasteiger charge is 2.17. The van der Waals surface area contributed by atoms with Crippen molar-refractivity contribution in [2.75, 3.05) is 11.6 Å². The van der Waals surface area contributed by atoms with Gasteiger partial charge in [0.1, 0.15) is 5.75 Å². The molecule has 0 saturated carbocycles. The summed E-state index contributed by atoms with van der Waals surface area (Å²) in [5.74, 6) is 0.706. The summed E-state index contributed by atoms with van der Waals surface area (Å²) in [6.07, 6.45) is 3.93. The van der Waals surface area contributed by atoms with Gasteiger partial charge in [0, 0.05) is 23.5 Å². The molecule has 29 heavy (non-hydrogen) atoms. The highest BCUT2D eigenvalue weighted by molar-refractivity contribution is 8.00. The van der Waals surface area contributed by atoms with E-state index in [-0.39, 0.29) is 5.75 Å². The minimum absolute atomic E-state index is 0.201. The second-order valence-electron chi connectivity index (χ2n) is 6.78. The van der Waals surface area contributed by atoms with E-state index in [0.29, 0.717) is 5.95 Å². The third kappa shape index (κ3) is 4.28. The Balaban J connectivity index is 1.78. The maximum Gasteiger partial charge on any atom is 0.227 e. The van der Waals surface area contributed by atoms with Crippen LogP contribution in [0.15, 0.2) is 65.0 Å². The van der Waals surface area contributed by atoms with E-state index in [0.717, 1.165) is 21.8 Å². The molecule has 2 N–H and O–H groups in total. The largest absolute Gasteiger partial charge is 0.508 e. The van der Waals surface area contributed by atoms with Crippen molar-refractivity contribution in [1.82, 2.24) is 9.97 Å². The fraction of sp³-hybridized carbons (Fsp3) is 0.130. The Labute approximate surface area is 178 Å². The first-order valence-corrected chi connectivity index (χ1v) is 11.2. The lowest BCUT2D eigenvalue weighted by atomic mass is 10.0. The highest BCUT2D eigenvalue weighted by Crippen LogP contribution is 2.43. The van der Waals surface area contributed by atoms with Crippen LogP contribution in [0, 0.1) is 13.8 Å². The molecule has 4 nitrogen and oxygen atoms in total. The van der Waals surface area contributed by atoms with E-state index in [9.17, 15) is 5.11 Å². The van der Waals surface area contributed by atoms with Crippen LogP contribution in [0.4, 0.5) is 11.6 Å². The zero-order valence-electron chi connectivity index (χ0n) is 16.4. The minimum atomic E-state index is 0.201. The Morgan fingerprint density at radius 1 is 1.03 bits per heavy atom. The molecule has 0 bridgehead atoms. The third-order valence-electron chi connectivity index (χ3n) is 4.56. The number of anilines is 2. The first-order chi connectivity index (χ1) is 14.0. The molecule has 0 aliphatic heterocycles. The average molecular weight is 420 g/mol. The fourth-order valence-corrected chi connectivity index (χ4v) is 4.82. The summed E-state index contributed by atoms with van der Waals surface area (Å²) in [7, 11) is 0. The molecule has 4 aromatic rings. The molecule has 2 heterocycles. The molecule has 146 valence electrons. The van der Waals surface area contributed by atoms with E-state index in [4.69, 9.17) is 4.98 Å². The molecule has 0 radical (unpaired) electrons. The molecule has 6 heteroatoms. The number of rotatable bonds is 5. The van der Waals surface area contributed by atoms with Crippen LogP contribution in [-0.2, 0) is 0 Å². The van der Waals surface area contributed by atoms with Gasteiger partial charge in [0.2, 0.25) is 5.95 Å². The molecule has 0 aliphatic rings. The van der Waals surface area contributed by atoms with Crippen molar-refractivity contribution in [2.45, 2.75) is 18.1 Å². The van der Waals surface area contributed by atoms with E-state index in [1.54, 1.807) is 41.3 Å². The molecule has 0 aliphatic carbocycles. The Hall–Kier alpha value is -2.83. The summed E-state index contributed by atoms with van der Waals surface area (Å²) < 4.78 is 1.25. The smallest absolute Gasteiger partial charge is 0.227 e. The maximum absolute atomic E-state index is 9.70. The monoisotopic (exact) mass is 419 g/mol. The predicted molar refractivity (Wildman–Crippen MR) is 123 cm³/mol. The van der Waals surface area contributed by atoms with E-state index in [2.05, 4.69) is 53.8 Å². The van der Waals surface area contributed by atoms with Crippen LogP contribution in [0.2, 0.25) is 0 Å². The summed E-state index contributed by atoms with van der Waals surface area (Å²) in [6.45, 7) is 4.13. The third-order valence-corrected chi connectivity index (χ3v) is 6.77. The molecular formula is C23H21N3OS2. The van der Waals surface area contributed by atoms with Crippen molar-refractivity contribution in [3.8, 4) is 27.4 Å². The highest BCUT2D eigenvalue weighted by atomic mass is 32.2. The van der Waals surface area contributed by atoms with Crippen LogP contribution >= 0.6 is 23.1 Å². The van der Waals surface area contributed by atoms with Gasteiger partial charge in [-0.25, -0.2) is 9.97 Å². The first kappa shape index (κ1) is 19.5. The number of thioether (sulfide) groups is 1. The van der Waals surface area contributed by atoms with Crippen molar-refractivity contribution in [2.24, 2.45) is 0 Å². The van der Waals surface area contributed by atoms with E-state index in [1.807, 2.05) is 19.2 Å². The molecular weight excluding hydrogens is 398 g/mol. The van der Waals surface area contributed by atoms with E-state index in [1.165, 1.54) is 20.9 Å². The number of aromatic nitrogens is 2. The van der Waals surface area contributed by atoms with Crippen molar-refractivity contribution < 1.29 is 5.11 Å². The molecule has 0 amide bonds. The zero-order chi connectivity index (χ0) is 20.4. The standard InChI is InChI=1S/C23H21N3OS2/c1-14-7-9-16(10-8-14)19-12-20(28-3)29-22(19)21-15(2)13-24-23(26-21)25-17-5-4-6-18(27)11-17/h4-13,27H,1-3H3,(H,24,25,26). The van der Waals surface area contributed by atoms with Crippen LogP contribution in [-0.4, -0.2) is 21.3 Å². The fourth-order valence-electron chi connectivity index (χ4n) is 3.04. The topological polar surface area (TPSA) is 58.0 Å². The summed E-state index contributed by atoms with van der Waals surface area (Å²) >= 11 is 3.49. The van der Waals surface area contributed by atoms with Crippen LogP contribution in [0.1, 0.15) is 11.1 Å². The quantitative estimate of drug-likeness (QED) is 0.354. The van der Waals surface area contributed by atoms with Gasteiger partial charge >= 0.3 is 0 Å². The number of nitrogens with zero attached hydrogens (tertiary/aromatic N) is 2. The lowest BCUT2D eigenvalue weighted by Crippen LogP contribution is -1.99. The Kier molecular flexibility index (Phi) is 5.56. The minimum Gasteiger partial charge on any atom is -0.508 e. The van der Waals surface area contributed by atoms with Gasteiger partial charge < -0.3 is 10.4 Å². The zero-order valence-corrected chi connectivity index (χ0v) is 18.1. The number of thiophene rings is 1. The van der Waals surface area contributed by atoms with Gasteiger partial charge in [-0.15, -0.1) is 23.1 Å². The number of phenols is 1. The predicted octanol–water partition coefficient (Wildman–Crippen LogP) is 6.66. The second kappa shape index (κ2) is 8.27. The van der Waals surface area contributed by atoms with Crippen molar-refractivity contribution in [1.29, 1.82) is 0 Å². The van der Waals surface area contributed by atoms with Crippen LogP contribution in [0.25, 0.3) is 21.7 Å². The normalized spacial score (nSPS) is 10.9. The van der Waals surface area contributed by atoms with Gasteiger partial charge in [-0.05, 0) is 49.4 Å². The van der Waals surface area contributed by atoms with Crippen LogP contribution < -0.4 is 5.32 Å². The van der Waals surface area contributed by atoms with Crippen LogP contribution in [0.3, 0.4) is 0 Å². The molecule has 0 saturated heterocycles. The molecule has 0 spiro atoms. The van der Waals surface area contributed by atoms with Crippen molar-refractivity contribution >= 4 is 34.7 Å². The van der Waals surface area contributed by atoms with Gasteiger partial charge in [0.15, 0.2) is 0 Å². The average Bonchev–Trinajstić information content (AvgIpc) is 3.14. The summed E-state index contributed by atoms with van der Waals surface area (Å²) in [5.41, 5.74) is 6.30. The number of hydrogen-bond acceptors (Lipinski definition) is 6. The SMILES string of the molecule is CSc1cc(-c2ccc(C)cc2)c(-c2nc(Nc3cccc(O)c3)ncc2C)s1. The second-order valence-corrected chi connectivity index (χ2v) is 8.94. The summed E-state index contributed by atoms with van der Waals surface area (Å²) in [6, 6.07) is 17.8. The first-order valence-electron chi connectivity index (χ1n) is 9.18. The lowest BCUT2D eigenvalue weighted by molar-refractivity contribution is 0.475. The molecule has 0 fully saturated rings. The molecule has 4 rings (SSSR count). The Bertz CT molecular complexity index is 1150. The van der Waals surface area contributed by atoms with Gasteiger partial charge in [0.25, 0.3) is 0 Å². The van der Waals surface area contributed by atoms with Crippen molar-refractivity contribution in [3.63, 3.8) is 0 Å². The van der Waals surface area contributed by atoms with Gasteiger partial charge in [-0.3, -0.25) is 0 Å². The van der Waals surface area contributed by atoms with Gasteiger partial charge in [-0.1, -0.05) is 35.9 Å². The molecule has 2 aromatic heterocycles. The Morgan fingerprint density at radius 2 is 1.83 bits per heavy atom. The van der Waals surface area contributed by atoms with Crippen LogP contribution in [0.5, 0.6) is 5.75 Å². The van der Waals surface area contributed by atoms with Gasteiger partial charge in [0.05, 0.1) is 14.8 Å². The lowest BCUT2D eigenvalue weighted by Gasteiger charge is -2.10. The molecule has 0 atom stereocenters. The number of nitrogens with one attached hydrogen (secondary N) is 1. The van der Waals surface area contributed by atoms with Crippen molar-refractivity contribution in [3.05, 3.63) is 71.9 Å². The number of phenolic OH excluding ortho intramolecular Hbond substituents is 1. The summed E-state index contributed by atoms with van der Waals surface area (Å²) in [5, 5.41) is 12.9. The number of benzene rings is 2. The molecule has 2 aromatic carbocycles. The molecule has 0 unspecified atom stereocenters. The Morgan fingerprint density at radius 3 is 2.55 bits per heavy atom. The number of hydrogen-bond donors (Lipinski definition) is 2.